The Bertz CT molecular complexity index is 669. The maximum absolute atomic E-state index is 10.3. The number of benzene rings is 1. The van der Waals surface area contributed by atoms with Crippen LogP contribution in [-0.4, -0.2) is 29.1 Å². The van der Waals surface area contributed by atoms with E-state index in [1.54, 1.807) is 18.2 Å². The molecule has 2 rings (SSSR count). The Hall–Kier alpha value is -2.52. The van der Waals surface area contributed by atoms with Crippen molar-refractivity contribution in [2.24, 2.45) is 0 Å². The summed E-state index contributed by atoms with van der Waals surface area (Å²) in [7, 11) is 3.04. The maximum atomic E-state index is 10.3. The Morgan fingerprint density at radius 1 is 1.43 bits per heavy atom. The summed E-state index contributed by atoms with van der Waals surface area (Å²) in [5.74, 6) is 0.459. The van der Waals surface area contributed by atoms with E-state index in [4.69, 9.17) is 14.7 Å². The highest BCUT2D eigenvalue weighted by atomic mass is 16.5. The lowest BCUT2D eigenvalue weighted by Gasteiger charge is -2.14. The summed E-state index contributed by atoms with van der Waals surface area (Å²) in [4.78, 5) is 0. The summed E-state index contributed by atoms with van der Waals surface area (Å²) in [5.41, 5.74) is 1.64. The number of hydrogen-bond donors (Lipinski definition) is 1. The first-order valence-electron chi connectivity index (χ1n) is 6.33. The second-order valence-corrected chi connectivity index (χ2v) is 4.33. The molecule has 1 aromatic carbocycles. The Labute approximate surface area is 123 Å². The molecule has 109 valence electrons. The van der Waals surface area contributed by atoms with E-state index in [0.29, 0.717) is 28.9 Å². The van der Waals surface area contributed by atoms with Crippen LogP contribution in [0.15, 0.2) is 24.4 Å². The van der Waals surface area contributed by atoms with Gasteiger partial charge in [0.25, 0.3) is 0 Å². The van der Waals surface area contributed by atoms with Crippen LogP contribution in [0.25, 0.3) is 11.1 Å². The van der Waals surface area contributed by atoms with Gasteiger partial charge in [0, 0.05) is 12.7 Å². The summed E-state index contributed by atoms with van der Waals surface area (Å²) < 4.78 is 11.9. The van der Waals surface area contributed by atoms with Crippen molar-refractivity contribution in [3.05, 3.63) is 36.9 Å². The molecular weight excluding hydrogens is 270 g/mol. The van der Waals surface area contributed by atoms with Gasteiger partial charge in [-0.15, -0.1) is 0 Å². The van der Waals surface area contributed by atoms with Gasteiger partial charge in [0.1, 0.15) is 5.75 Å². The minimum Gasteiger partial charge on any atom is -0.496 e. The third-order valence-corrected chi connectivity index (χ3v) is 3.18. The number of nitriles is 1. The fraction of sp³-hybridized carbons (Fsp3) is 0.267. The smallest absolute Gasteiger partial charge is 0.219 e. The molecule has 1 heterocycles. The van der Waals surface area contributed by atoms with E-state index in [-0.39, 0.29) is 5.88 Å². The fourth-order valence-electron chi connectivity index (χ4n) is 2.08. The van der Waals surface area contributed by atoms with Crippen molar-refractivity contribution in [3.8, 4) is 28.8 Å². The molecule has 0 amide bonds. The topological polar surface area (TPSA) is 80.3 Å². The normalized spacial score (nSPS) is 11.9. The molecule has 0 saturated heterocycles. The number of hydrogen-bond acceptors (Lipinski definition) is 5. The van der Waals surface area contributed by atoms with Crippen LogP contribution < -0.4 is 4.74 Å². The molecule has 1 unspecified atom stereocenters. The zero-order valence-corrected chi connectivity index (χ0v) is 11.9. The molecule has 0 aliphatic heterocycles. The van der Waals surface area contributed by atoms with Crippen molar-refractivity contribution in [2.75, 3.05) is 14.2 Å². The summed E-state index contributed by atoms with van der Waals surface area (Å²) in [6, 6.07) is 7.03. The molecule has 0 aliphatic carbocycles. The summed E-state index contributed by atoms with van der Waals surface area (Å²) >= 11 is 0. The molecule has 6 heteroatoms. The van der Waals surface area contributed by atoms with Crippen molar-refractivity contribution < 1.29 is 14.6 Å². The van der Waals surface area contributed by atoms with Crippen LogP contribution in [0, 0.1) is 18.3 Å². The Balaban J connectivity index is 2.51. The van der Waals surface area contributed by atoms with Gasteiger partial charge in [-0.05, 0) is 31.5 Å². The van der Waals surface area contributed by atoms with Crippen molar-refractivity contribution in [1.82, 2.24) is 9.78 Å². The van der Waals surface area contributed by atoms with E-state index in [2.05, 4.69) is 12.0 Å². The van der Waals surface area contributed by atoms with Gasteiger partial charge in [-0.2, -0.15) is 10.4 Å². The summed E-state index contributed by atoms with van der Waals surface area (Å²) in [6.07, 6.45) is 1.51. The van der Waals surface area contributed by atoms with Crippen molar-refractivity contribution in [2.45, 2.75) is 12.6 Å². The lowest BCUT2D eigenvalue weighted by molar-refractivity contribution is 0.0299. The van der Waals surface area contributed by atoms with Crippen molar-refractivity contribution >= 4 is 0 Å². The molecule has 0 bridgehead atoms. The monoisotopic (exact) mass is 286 g/mol. The first-order chi connectivity index (χ1) is 10.2. The molecule has 0 spiro atoms. The van der Waals surface area contributed by atoms with Gasteiger partial charge in [0.05, 0.1) is 30.5 Å². The Morgan fingerprint density at radius 2 is 2.19 bits per heavy atom. The molecule has 0 aliphatic rings. The third kappa shape index (κ3) is 2.69. The van der Waals surface area contributed by atoms with Gasteiger partial charge in [0.15, 0.2) is 6.23 Å². The molecule has 1 N–H and O–H groups in total. The second kappa shape index (κ2) is 6.29. The van der Waals surface area contributed by atoms with E-state index in [9.17, 15) is 5.11 Å². The highest BCUT2D eigenvalue weighted by molar-refractivity contribution is 5.74. The zero-order valence-electron chi connectivity index (χ0n) is 11.9. The number of aromatic nitrogens is 2. The van der Waals surface area contributed by atoms with Gasteiger partial charge in [0.2, 0.25) is 5.88 Å². The van der Waals surface area contributed by atoms with Gasteiger partial charge >= 0.3 is 0 Å². The first kappa shape index (κ1) is 14.9. The molecule has 21 heavy (non-hydrogen) atoms. The Kier molecular flexibility index (Phi) is 4.45. The minimum absolute atomic E-state index is 0.0338. The predicted octanol–water partition coefficient (Wildman–Crippen LogP) is 2.51. The highest BCUT2D eigenvalue weighted by Crippen LogP contribution is 2.37. The average Bonchev–Trinajstić information content (AvgIpc) is 2.89. The van der Waals surface area contributed by atoms with Crippen molar-refractivity contribution in [1.29, 1.82) is 5.26 Å². The maximum Gasteiger partial charge on any atom is 0.219 e. The lowest BCUT2D eigenvalue weighted by atomic mass is 10.1. The van der Waals surface area contributed by atoms with Gasteiger partial charge in [-0.1, -0.05) is 0 Å². The zero-order chi connectivity index (χ0) is 15.4. The standard InChI is InChI=1S/C15H16N3O3/c1-4-14(21-3)18-15(19)12(9-17-18)11-6-5-10(8-16)7-13(11)20-2/h5-7,9,14,19H,1,4H2,2-3H3. The number of aromatic hydroxyl groups is 1. The number of ether oxygens (including phenoxy) is 2. The summed E-state index contributed by atoms with van der Waals surface area (Å²) in [5, 5.41) is 23.4. The van der Waals surface area contributed by atoms with E-state index in [1.165, 1.54) is 25.1 Å². The van der Waals surface area contributed by atoms with Crippen LogP contribution in [0.1, 0.15) is 18.2 Å². The molecule has 0 fully saturated rings. The molecular formula is C15H16N3O3. The first-order valence-corrected chi connectivity index (χ1v) is 6.33. The van der Waals surface area contributed by atoms with Gasteiger partial charge < -0.3 is 14.6 Å². The van der Waals surface area contributed by atoms with E-state index >= 15 is 0 Å². The van der Waals surface area contributed by atoms with Crippen LogP contribution in [-0.2, 0) is 4.74 Å². The van der Waals surface area contributed by atoms with Crippen LogP contribution in [0.2, 0.25) is 0 Å². The van der Waals surface area contributed by atoms with Gasteiger partial charge in [-0.3, -0.25) is 0 Å². The fourth-order valence-corrected chi connectivity index (χ4v) is 2.08. The van der Waals surface area contributed by atoms with Crippen LogP contribution in [0.5, 0.6) is 11.6 Å². The van der Waals surface area contributed by atoms with Crippen LogP contribution in [0.3, 0.4) is 0 Å². The largest absolute Gasteiger partial charge is 0.496 e. The molecule has 1 radical (unpaired) electrons. The third-order valence-electron chi connectivity index (χ3n) is 3.18. The SMILES string of the molecule is [CH2]CC(OC)n1ncc(-c2ccc(C#N)cc2OC)c1O. The van der Waals surface area contributed by atoms with E-state index in [1.807, 2.05) is 6.07 Å². The highest BCUT2D eigenvalue weighted by Gasteiger charge is 2.19. The van der Waals surface area contributed by atoms with Crippen molar-refractivity contribution in [3.63, 3.8) is 0 Å². The second-order valence-electron chi connectivity index (χ2n) is 4.33. The Morgan fingerprint density at radius 3 is 2.76 bits per heavy atom. The van der Waals surface area contributed by atoms with E-state index < -0.39 is 6.23 Å². The molecule has 2 aromatic rings. The molecule has 1 atom stereocenters. The lowest BCUT2D eigenvalue weighted by Crippen LogP contribution is -2.11. The molecule has 6 nitrogen and oxygen atoms in total. The summed E-state index contributed by atoms with van der Waals surface area (Å²) in [6.45, 7) is 3.76. The number of rotatable bonds is 5. The quantitative estimate of drug-likeness (QED) is 0.913. The van der Waals surface area contributed by atoms with Crippen LogP contribution >= 0.6 is 0 Å². The minimum atomic E-state index is -0.442. The predicted molar refractivity (Wildman–Crippen MR) is 76.6 cm³/mol. The molecule has 0 saturated carbocycles. The molecule has 1 aromatic heterocycles. The van der Waals surface area contributed by atoms with Crippen LogP contribution in [0.4, 0.5) is 0 Å². The number of nitrogens with zero attached hydrogens (tertiary/aromatic N) is 3. The number of methoxy groups -OCH3 is 2. The average molecular weight is 286 g/mol. The van der Waals surface area contributed by atoms with E-state index in [0.717, 1.165) is 0 Å². The van der Waals surface area contributed by atoms with Gasteiger partial charge in [-0.25, -0.2) is 4.68 Å².